The SMILES string of the molecule is CCN(CC)c1ccc(C2/C(=C(/O)c3ccc(Cl)cc3)C(=O)C(=O)N2Cc2cccnc2)cc1. The molecule has 1 aromatic heterocycles. The average molecular weight is 476 g/mol. The number of aromatic nitrogens is 1. The molecule has 1 aliphatic heterocycles. The first-order valence-electron chi connectivity index (χ1n) is 11.2. The van der Waals surface area contributed by atoms with Gasteiger partial charge in [-0.2, -0.15) is 0 Å². The summed E-state index contributed by atoms with van der Waals surface area (Å²) in [5, 5.41) is 11.7. The van der Waals surface area contributed by atoms with Crippen LogP contribution in [0.4, 0.5) is 5.69 Å². The van der Waals surface area contributed by atoms with Crippen molar-refractivity contribution in [2.45, 2.75) is 26.4 Å². The Morgan fingerprint density at radius 2 is 1.71 bits per heavy atom. The third-order valence-electron chi connectivity index (χ3n) is 6.07. The van der Waals surface area contributed by atoms with Crippen LogP contribution < -0.4 is 4.90 Å². The van der Waals surface area contributed by atoms with Crippen molar-refractivity contribution in [2.75, 3.05) is 18.0 Å². The number of anilines is 1. The summed E-state index contributed by atoms with van der Waals surface area (Å²) < 4.78 is 0. The second-order valence-electron chi connectivity index (χ2n) is 8.06. The van der Waals surface area contributed by atoms with E-state index in [1.54, 1.807) is 42.7 Å². The first-order chi connectivity index (χ1) is 16.4. The number of amides is 1. The lowest BCUT2D eigenvalue weighted by Gasteiger charge is -2.26. The molecule has 2 aromatic carbocycles. The molecule has 1 unspecified atom stereocenters. The Balaban J connectivity index is 1.82. The number of rotatable bonds is 7. The number of nitrogens with zero attached hydrogens (tertiary/aromatic N) is 3. The third-order valence-corrected chi connectivity index (χ3v) is 6.32. The maximum Gasteiger partial charge on any atom is 0.295 e. The number of likely N-dealkylation sites (tertiary alicyclic amines) is 1. The minimum Gasteiger partial charge on any atom is -0.507 e. The van der Waals surface area contributed by atoms with Gasteiger partial charge in [-0.15, -0.1) is 0 Å². The fourth-order valence-corrected chi connectivity index (χ4v) is 4.42. The Morgan fingerprint density at radius 3 is 2.29 bits per heavy atom. The highest BCUT2D eigenvalue weighted by Gasteiger charge is 2.46. The number of aliphatic hydroxyl groups is 1. The molecule has 1 saturated heterocycles. The highest BCUT2D eigenvalue weighted by Crippen LogP contribution is 2.40. The Bertz CT molecular complexity index is 1200. The first kappa shape index (κ1) is 23.5. The van der Waals surface area contributed by atoms with Crippen LogP contribution in [0.1, 0.15) is 36.6 Å². The number of carbonyl (C=O) groups is 2. The standard InChI is InChI=1S/C27H26ClN3O3/c1-3-30(4-2)22-13-9-19(10-14-22)24-23(25(32)20-7-11-21(28)12-8-20)26(33)27(34)31(24)17-18-6-5-15-29-16-18/h5-16,24,32H,3-4,17H2,1-2H3/b25-23-. The third kappa shape index (κ3) is 4.54. The van der Waals surface area contributed by atoms with Crippen molar-refractivity contribution in [1.82, 2.24) is 9.88 Å². The van der Waals surface area contributed by atoms with Crippen molar-refractivity contribution in [1.29, 1.82) is 0 Å². The van der Waals surface area contributed by atoms with Crippen LogP contribution in [0.5, 0.6) is 0 Å². The molecule has 4 rings (SSSR count). The first-order valence-corrected chi connectivity index (χ1v) is 11.6. The van der Waals surface area contributed by atoms with Gasteiger partial charge in [-0.1, -0.05) is 29.8 Å². The zero-order valence-corrected chi connectivity index (χ0v) is 19.9. The van der Waals surface area contributed by atoms with Gasteiger partial charge < -0.3 is 14.9 Å². The summed E-state index contributed by atoms with van der Waals surface area (Å²) >= 11 is 5.99. The van der Waals surface area contributed by atoms with Gasteiger partial charge in [-0.05, 0) is 67.4 Å². The van der Waals surface area contributed by atoms with Crippen molar-refractivity contribution in [3.63, 3.8) is 0 Å². The number of carbonyl (C=O) groups excluding carboxylic acids is 2. The summed E-state index contributed by atoms with van der Waals surface area (Å²) in [6.45, 7) is 6.11. The maximum absolute atomic E-state index is 13.2. The number of ketones is 1. The predicted molar refractivity (Wildman–Crippen MR) is 134 cm³/mol. The largest absolute Gasteiger partial charge is 0.507 e. The summed E-state index contributed by atoms with van der Waals surface area (Å²) in [5.41, 5.74) is 3.08. The molecule has 1 atom stereocenters. The predicted octanol–water partition coefficient (Wildman–Crippen LogP) is 5.20. The molecule has 0 radical (unpaired) electrons. The van der Waals surface area contributed by atoms with Crippen LogP contribution >= 0.6 is 11.6 Å². The molecular formula is C27H26ClN3O3. The summed E-state index contributed by atoms with van der Waals surface area (Å²) in [6.07, 6.45) is 3.32. The van der Waals surface area contributed by atoms with E-state index < -0.39 is 17.7 Å². The highest BCUT2D eigenvalue weighted by molar-refractivity contribution is 6.46. The number of halogens is 1. The molecule has 3 aromatic rings. The zero-order valence-electron chi connectivity index (χ0n) is 19.1. The number of pyridine rings is 1. The lowest BCUT2D eigenvalue weighted by atomic mass is 9.95. The topological polar surface area (TPSA) is 73.7 Å². The monoisotopic (exact) mass is 475 g/mol. The maximum atomic E-state index is 13.2. The number of benzene rings is 2. The Morgan fingerprint density at radius 1 is 1.03 bits per heavy atom. The Kier molecular flexibility index (Phi) is 6.98. The average Bonchev–Trinajstić information content (AvgIpc) is 3.11. The minimum atomic E-state index is -0.735. The van der Waals surface area contributed by atoms with Gasteiger partial charge in [0.1, 0.15) is 5.76 Å². The van der Waals surface area contributed by atoms with Gasteiger partial charge in [0.05, 0.1) is 11.6 Å². The normalized spacial score (nSPS) is 17.3. The van der Waals surface area contributed by atoms with Crippen LogP contribution in [0.25, 0.3) is 5.76 Å². The number of Topliss-reactive ketones (excluding diaryl/α,β-unsaturated/α-hetero) is 1. The van der Waals surface area contributed by atoms with Crippen molar-refractivity contribution in [2.24, 2.45) is 0 Å². The smallest absolute Gasteiger partial charge is 0.295 e. The van der Waals surface area contributed by atoms with E-state index in [0.717, 1.165) is 29.9 Å². The molecule has 1 amide bonds. The molecule has 0 bridgehead atoms. The van der Waals surface area contributed by atoms with E-state index in [1.807, 2.05) is 30.3 Å². The fourth-order valence-electron chi connectivity index (χ4n) is 4.30. The minimum absolute atomic E-state index is 0.0619. The summed E-state index contributed by atoms with van der Waals surface area (Å²) in [4.78, 5) is 34.2. The van der Waals surface area contributed by atoms with Crippen LogP contribution in [0.15, 0.2) is 78.6 Å². The fraction of sp³-hybridized carbons (Fsp3) is 0.222. The molecule has 1 fully saturated rings. The van der Waals surface area contributed by atoms with Crippen molar-refractivity contribution in [3.8, 4) is 0 Å². The van der Waals surface area contributed by atoms with E-state index in [-0.39, 0.29) is 17.9 Å². The molecule has 34 heavy (non-hydrogen) atoms. The summed E-state index contributed by atoms with van der Waals surface area (Å²) in [6, 6.07) is 17.2. The quantitative estimate of drug-likeness (QED) is 0.289. The lowest BCUT2D eigenvalue weighted by Crippen LogP contribution is -2.29. The van der Waals surface area contributed by atoms with Crippen LogP contribution in [0.2, 0.25) is 5.02 Å². The van der Waals surface area contributed by atoms with Gasteiger partial charge in [0, 0.05) is 48.3 Å². The summed E-state index contributed by atoms with van der Waals surface area (Å²) in [7, 11) is 0. The molecular weight excluding hydrogens is 450 g/mol. The van der Waals surface area contributed by atoms with Crippen LogP contribution in [0.3, 0.4) is 0 Å². The van der Waals surface area contributed by atoms with Gasteiger partial charge in [0.2, 0.25) is 0 Å². The van der Waals surface area contributed by atoms with Crippen molar-refractivity contribution >= 4 is 34.7 Å². The molecule has 0 aliphatic carbocycles. The van der Waals surface area contributed by atoms with E-state index in [9.17, 15) is 14.7 Å². The van der Waals surface area contributed by atoms with Gasteiger partial charge in [-0.3, -0.25) is 14.6 Å². The molecule has 0 saturated carbocycles. The van der Waals surface area contributed by atoms with E-state index in [0.29, 0.717) is 10.6 Å². The van der Waals surface area contributed by atoms with Gasteiger partial charge in [0.25, 0.3) is 11.7 Å². The summed E-state index contributed by atoms with van der Waals surface area (Å²) in [5.74, 6) is -1.59. The van der Waals surface area contributed by atoms with Gasteiger partial charge in [0.15, 0.2) is 0 Å². The molecule has 1 N–H and O–H groups in total. The molecule has 1 aliphatic rings. The molecule has 0 spiro atoms. The Hall–Kier alpha value is -3.64. The molecule has 2 heterocycles. The second-order valence-corrected chi connectivity index (χ2v) is 8.50. The number of hydrogen-bond acceptors (Lipinski definition) is 5. The highest BCUT2D eigenvalue weighted by atomic mass is 35.5. The number of aliphatic hydroxyl groups excluding tert-OH is 1. The van der Waals surface area contributed by atoms with Gasteiger partial charge >= 0.3 is 0 Å². The zero-order chi connectivity index (χ0) is 24.2. The van der Waals surface area contributed by atoms with E-state index >= 15 is 0 Å². The van der Waals surface area contributed by atoms with E-state index in [2.05, 4.69) is 23.7 Å². The van der Waals surface area contributed by atoms with Gasteiger partial charge in [-0.25, -0.2) is 0 Å². The van der Waals surface area contributed by atoms with Crippen LogP contribution in [-0.2, 0) is 16.1 Å². The Labute approximate surface area is 204 Å². The van der Waals surface area contributed by atoms with E-state index in [4.69, 9.17) is 11.6 Å². The van der Waals surface area contributed by atoms with Crippen LogP contribution in [0, 0.1) is 0 Å². The lowest BCUT2D eigenvalue weighted by molar-refractivity contribution is -0.140. The molecule has 7 heteroatoms. The van der Waals surface area contributed by atoms with Crippen molar-refractivity contribution < 1.29 is 14.7 Å². The molecule has 6 nitrogen and oxygen atoms in total. The van der Waals surface area contributed by atoms with Crippen LogP contribution in [-0.4, -0.2) is 39.8 Å². The van der Waals surface area contributed by atoms with E-state index in [1.165, 1.54) is 4.90 Å². The molecule has 174 valence electrons. The second kappa shape index (κ2) is 10.1. The number of hydrogen-bond donors (Lipinski definition) is 1. The van der Waals surface area contributed by atoms with Crippen molar-refractivity contribution in [3.05, 3.63) is 100 Å².